The molecule has 5 aromatic carbocycles. The SMILES string of the molecule is CC1(C)c2ccccc2-c2c1ccc1ccn(-c3ccc(-n4c(-c5ccccc5)nnc4-c4ccccc4)cc3)c21. The number of benzene rings is 5. The molecule has 0 bridgehead atoms. The summed E-state index contributed by atoms with van der Waals surface area (Å²) < 4.78 is 4.48. The molecule has 41 heavy (non-hydrogen) atoms. The quantitative estimate of drug-likeness (QED) is 0.229. The van der Waals surface area contributed by atoms with Gasteiger partial charge in [0.05, 0.1) is 5.52 Å². The summed E-state index contributed by atoms with van der Waals surface area (Å²) in [5, 5.41) is 10.5. The summed E-state index contributed by atoms with van der Waals surface area (Å²) in [4.78, 5) is 0. The largest absolute Gasteiger partial charge is 0.316 e. The Labute approximate surface area is 239 Å². The lowest BCUT2D eigenvalue weighted by Crippen LogP contribution is -2.14. The fourth-order valence-corrected chi connectivity index (χ4v) is 6.47. The van der Waals surface area contributed by atoms with Gasteiger partial charge in [0, 0.05) is 45.1 Å². The maximum absolute atomic E-state index is 4.63. The fraction of sp³-hybridized carbons (Fsp3) is 0.0811. The Kier molecular flexibility index (Phi) is 5.13. The molecular weight excluding hydrogens is 500 g/mol. The van der Waals surface area contributed by atoms with Gasteiger partial charge in [-0.25, -0.2) is 0 Å². The summed E-state index contributed by atoms with van der Waals surface area (Å²) in [6, 6.07) is 44.9. The molecule has 2 aromatic heterocycles. The van der Waals surface area contributed by atoms with Crippen LogP contribution in [0.1, 0.15) is 25.0 Å². The fourth-order valence-electron chi connectivity index (χ4n) is 6.47. The van der Waals surface area contributed by atoms with Crippen LogP contribution in [-0.4, -0.2) is 19.3 Å². The zero-order chi connectivity index (χ0) is 27.6. The van der Waals surface area contributed by atoms with Gasteiger partial charge in [-0.05, 0) is 47.0 Å². The van der Waals surface area contributed by atoms with E-state index in [1.165, 1.54) is 33.2 Å². The topological polar surface area (TPSA) is 35.6 Å². The van der Waals surface area contributed by atoms with Crippen LogP contribution in [0.4, 0.5) is 0 Å². The molecule has 0 fully saturated rings. The molecule has 0 amide bonds. The van der Waals surface area contributed by atoms with Gasteiger partial charge in [-0.2, -0.15) is 0 Å². The van der Waals surface area contributed by atoms with Gasteiger partial charge in [-0.1, -0.05) is 111 Å². The number of aromatic nitrogens is 4. The second kappa shape index (κ2) is 8.90. The Balaban J connectivity index is 1.29. The van der Waals surface area contributed by atoms with Crippen LogP contribution < -0.4 is 0 Å². The smallest absolute Gasteiger partial charge is 0.168 e. The van der Waals surface area contributed by atoms with Crippen LogP contribution >= 0.6 is 0 Å². The first-order valence-corrected chi connectivity index (χ1v) is 14.0. The number of hydrogen-bond donors (Lipinski definition) is 0. The van der Waals surface area contributed by atoms with Crippen molar-refractivity contribution in [3.8, 4) is 45.3 Å². The van der Waals surface area contributed by atoms with Gasteiger partial charge in [0.25, 0.3) is 0 Å². The van der Waals surface area contributed by atoms with Crippen molar-refractivity contribution in [2.75, 3.05) is 0 Å². The molecule has 4 nitrogen and oxygen atoms in total. The minimum atomic E-state index is -0.0326. The van der Waals surface area contributed by atoms with E-state index in [2.05, 4.69) is 130 Å². The molecule has 8 rings (SSSR count). The van der Waals surface area contributed by atoms with Crippen molar-refractivity contribution in [3.05, 3.63) is 145 Å². The summed E-state index contributed by atoms with van der Waals surface area (Å²) in [6.45, 7) is 4.67. The Morgan fingerprint density at radius 1 is 0.537 bits per heavy atom. The van der Waals surface area contributed by atoms with Gasteiger partial charge in [0.2, 0.25) is 0 Å². The molecule has 1 aliphatic carbocycles. The van der Waals surface area contributed by atoms with Gasteiger partial charge in [-0.3, -0.25) is 4.57 Å². The first-order chi connectivity index (χ1) is 20.1. The van der Waals surface area contributed by atoms with Crippen LogP contribution in [0, 0.1) is 0 Å². The molecule has 0 atom stereocenters. The van der Waals surface area contributed by atoms with E-state index in [0.717, 1.165) is 34.2 Å². The van der Waals surface area contributed by atoms with Gasteiger partial charge >= 0.3 is 0 Å². The van der Waals surface area contributed by atoms with E-state index >= 15 is 0 Å². The average Bonchev–Trinajstić information content (AvgIpc) is 3.72. The lowest BCUT2D eigenvalue weighted by Gasteiger charge is -2.21. The third-order valence-corrected chi connectivity index (χ3v) is 8.51. The van der Waals surface area contributed by atoms with Gasteiger partial charge in [-0.15, -0.1) is 10.2 Å². The van der Waals surface area contributed by atoms with Crippen LogP contribution in [0.5, 0.6) is 0 Å². The zero-order valence-electron chi connectivity index (χ0n) is 23.0. The third kappa shape index (κ3) is 3.54. The minimum absolute atomic E-state index is 0.0326. The van der Waals surface area contributed by atoms with Crippen LogP contribution in [0.25, 0.3) is 56.2 Å². The lowest BCUT2D eigenvalue weighted by molar-refractivity contribution is 0.661. The standard InChI is InChI=1S/C37H28N4/c1-37(2)31-16-10-9-15-30(31)33-32(37)22-17-25-23-24-40(34(25)33)28-18-20-29(21-19-28)41-35(26-11-5-3-6-12-26)38-39-36(41)27-13-7-4-8-14-27/h3-24H,1-2H3. The highest BCUT2D eigenvalue weighted by molar-refractivity contribution is 6.01. The predicted molar refractivity (Wildman–Crippen MR) is 167 cm³/mol. The second-order valence-corrected chi connectivity index (χ2v) is 11.2. The maximum atomic E-state index is 4.63. The number of fused-ring (bicyclic) bond motifs is 5. The third-order valence-electron chi connectivity index (χ3n) is 8.51. The number of nitrogens with zero attached hydrogens (tertiary/aromatic N) is 4. The number of hydrogen-bond acceptors (Lipinski definition) is 2. The van der Waals surface area contributed by atoms with Crippen molar-refractivity contribution in [2.45, 2.75) is 19.3 Å². The molecule has 7 aromatic rings. The van der Waals surface area contributed by atoms with E-state index in [1.54, 1.807) is 0 Å². The van der Waals surface area contributed by atoms with Crippen molar-refractivity contribution in [3.63, 3.8) is 0 Å². The Bertz CT molecular complexity index is 1990. The highest BCUT2D eigenvalue weighted by atomic mass is 15.3. The van der Waals surface area contributed by atoms with E-state index in [1.807, 2.05) is 36.4 Å². The molecular formula is C37H28N4. The monoisotopic (exact) mass is 528 g/mol. The molecule has 0 N–H and O–H groups in total. The molecule has 0 unspecified atom stereocenters. The molecule has 0 spiro atoms. The maximum Gasteiger partial charge on any atom is 0.168 e. The van der Waals surface area contributed by atoms with Gasteiger partial charge in [0.1, 0.15) is 0 Å². The molecule has 1 aliphatic rings. The summed E-state index contributed by atoms with van der Waals surface area (Å²) in [6.07, 6.45) is 2.19. The van der Waals surface area contributed by atoms with E-state index < -0.39 is 0 Å². The van der Waals surface area contributed by atoms with Crippen LogP contribution in [0.2, 0.25) is 0 Å². The van der Waals surface area contributed by atoms with Crippen molar-refractivity contribution < 1.29 is 0 Å². The molecule has 0 aliphatic heterocycles. The van der Waals surface area contributed by atoms with Gasteiger partial charge < -0.3 is 4.57 Å². The Morgan fingerprint density at radius 2 is 1.12 bits per heavy atom. The van der Waals surface area contributed by atoms with Crippen molar-refractivity contribution in [1.29, 1.82) is 0 Å². The molecule has 196 valence electrons. The number of rotatable bonds is 4. The molecule has 0 radical (unpaired) electrons. The van der Waals surface area contributed by atoms with Crippen molar-refractivity contribution in [1.82, 2.24) is 19.3 Å². The summed E-state index contributed by atoms with van der Waals surface area (Å²) in [5.74, 6) is 1.64. The molecule has 0 saturated heterocycles. The van der Waals surface area contributed by atoms with E-state index in [0.29, 0.717) is 0 Å². The van der Waals surface area contributed by atoms with Crippen LogP contribution in [0.15, 0.2) is 134 Å². The second-order valence-electron chi connectivity index (χ2n) is 11.2. The van der Waals surface area contributed by atoms with Crippen LogP contribution in [-0.2, 0) is 5.41 Å². The highest BCUT2D eigenvalue weighted by Gasteiger charge is 2.36. The van der Waals surface area contributed by atoms with Crippen molar-refractivity contribution in [2.24, 2.45) is 0 Å². The molecule has 0 saturated carbocycles. The van der Waals surface area contributed by atoms with E-state index in [-0.39, 0.29) is 5.41 Å². The zero-order valence-corrected chi connectivity index (χ0v) is 23.0. The normalized spacial score (nSPS) is 13.3. The molecule has 4 heteroatoms. The average molecular weight is 529 g/mol. The summed E-state index contributed by atoms with van der Waals surface area (Å²) >= 11 is 0. The first kappa shape index (κ1) is 23.6. The van der Waals surface area contributed by atoms with Crippen molar-refractivity contribution >= 4 is 10.9 Å². The minimum Gasteiger partial charge on any atom is -0.316 e. The lowest BCUT2D eigenvalue weighted by atomic mass is 9.82. The Morgan fingerprint density at radius 3 is 1.78 bits per heavy atom. The highest BCUT2D eigenvalue weighted by Crippen LogP contribution is 2.51. The summed E-state index contributed by atoms with van der Waals surface area (Å²) in [7, 11) is 0. The Hall–Kier alpha value is -5.22. The van der Waals surface area contributed by atoms with Gasteiger partial charge in [0.15, 0.2) is 11.6 Å². The van der Waals surface area contributed by atoms with Crippen LogP contribution in [0.3, 0.4) is 0 Å². The summed E-state index contributed by atoms with van der Waals surface area (Å²) in [5.41, 5.74) is 10.9. The van der Waals surface area contributed by atoms with E-state index in [9.17, 15) is 0 Å². The van der Waals surface area contributed by atoms with E-state index in [4.69, 9.17) is 0 Å². The predicted octanol–water partition coefficient (Wildman–Crippen LogP) is 8.85. The first-order valence-electron chi connectivity index (χ1n) is 14.0. The molecule has 2 heterocycles.